The van der Waals surface area contributed by atoms with Crippen LogP contribution in [0.25, 0.3) is 0 Å². The highest BCUT2D eigenvalue weighted by molar-refractivity contribution is 5.79. The molecular weight excluding hydrogens is 252 g/mol. The molecule has 20 heavy (non-hydrogen) atoms. The second-order valence-electron chi connectivity index (χ2n) is 6.60. The molecule has 3 heterocycles. The fourth-order valence-corrected chi connectivity index (χ4v) is 4.09. The smallest absolute Gasteiger partial charge is 0.228 e. The van der Waals surface area contributed by atoms with Gasteiger partial charge >= 0.3 is 0 Å². The fraction of sp³-hybridized carbons (Fsp3) is 0.938. The minimum Gasteiger partial charge on any atom is -0.381 e. The van der Waals surface area contributed by atoms with Crippen LogP contribution in [0.4, 0.5) is 0 Å². The summed E-state index contributed by atoms with van der Waals surface area (Å²) in [5.74, 6) is 1.23. The highest BCUT2D eigenvalue weighted by Gasteiger charge is 2.36. The number of rotatable bonds is 2. The Hall–Kier alpha value is -0.610. The molecule has 3 aliphatic rings. The summed E-state index contributed by atoms with van der Waals surface area (Å²) in [4.78, 5) is 15.1. The van der Waals surface area contributed by atoms with Crippen molar-refractivity contribution in [1.29, 1.82) is 0 Å². The van der Waals surface area contributed by atoms with E-state index in [0.29, 0.717) is 24.5 Å². The predicted molar refractivity (Wildman–Crippen MR) is 78.5 cm³/mol. The summed E-state index contributed by atoms with van der Waals surface area (Å²) < 4.78 is 5.42. The van der Waals surface area contributed by atoms with Gasteiger partial charge in [-0.1, -0.05) is 12.8 Å². The molecular formula is C16H28N2O2. The van der Waals surface area contributed by atoms with E-state index >= 15 is 0 Å². The van der Waals surface area contributed by atoms with Crippen LogP contribution in [0.1, 0.15) is 44.9 Å². The molecule has 3 aliphatic heterocycles. The number of nitrogens with one attached hydrogen (secondary N) is 1. The lowest BCUT2D eigenvalue weighted by Crippen LogP contribution is -2.49. The summed E-state index contributed by atoms with van der Waals surface area (Å²) in [5.41, 5.74) is 0. The molecule has 4 heteroatoms. The number of carbonyl (C=O) groups is 1. The molecule has 0 radical (unpaired) electrons. The molecule has 1 N–H and O–H groups in total. The first-order valence-electron chi connectivity index (χ1n) is 8.45. The van der Waals surface area contributed by atoms with Crippen molar-refractivity contribution in [3.8, 4) is 0 Å². The molecule has 114 valence electrons. The highest BCUT2D eigenvalue weighted by Crippen LogP contribution is 2.30. The lowest BCUT2D eigenvalue weighted by atomic mass is 9.86. The van der Waals surface area contributed by atoms with Crippen LogP contribution < -0.4 is 5.32 Å². The maximum Gasteiger partial charge on any atom is 0.228 e. The molecule has 3 fully saturated rings. The van der Waals surface area contributed by atoms with Crippen molar-refractivity contribution in [2.24, 2.45) is 11.8 Å². The van der Waals surface area contributed by atoms with Crippen molar-refractivity contribution in [2.75, 3.05) is 32.8 Å². The SMILES string of the molecule is O=C(C1CCOC1)N1CCCCCC1C1CCNCC1. The van der Waals surface area contributed by atoms with Gasteiger partial charge in [0.25, 0.3) is 0 Å². The zero-order valence-electron chi connectivity index (χ0n) is 12.5. The van der Waals surface area contributed by atoms with Gasteiger partial charge in [-0.2, -0.15) is 0 Å². The second-order valence-corrected chi connectivity index (χ2v) is 6.60. The molecule has 2 atom stereocenters. The van der Waals surface area contributed by atoms with E-state index in [1.165, 1.54) is 38.5 Å². The first-order chi connectivity index (χ1) is 9.86. The Morgan fingerprint density at radius 3 is 2.65 bits per heavy atom. The van der Waals surface area contributed by atoms with Crippen molar-refractivity contribution in [3.05, 3.63) is 0 Å². The number of nitrogens with zero attached hydrogens (tertiary/aromatic N) is 1. The Morgan fingerprint density at radius 1 is 1.05 bits per heavy atom. The molecule has 0 spiro atoms. The summed E-state index contributed by atoms with van der Waals surface area (Å²) in [7, 11) is 0. The molecule has 0 saturated carbocycles. The Morgan fingerprint density at radius 2 is 1.90 bits per heavy atom. The van der Waals surface area contributed by atoms with Gasteiger partial charge in [0.1, 0.15) is 0 Å². The van der Waals surface area contributed by atoms with E-state index in [0.717, 1.165) is 32.7 Å². The standard InChI is InChI=1S/C16H28N2O2/c19-16(14-7-11-20-12-14)18-10-3-1-2-4-15(18)13-5-8-17-9-6-13/h13-15,17H,1-12H2. The van der Waals surface area contributed by atoms with Crippen molar-refractivity contribution in [3.63, 3.8) is 0 Å². The van der Waals surface area contributed by atoms with E-state index < -0.39 is 0 Å². The van der Waals surface area contributed by atoms with Gasteiger partial charge in [-0.25, -0.2) is 0 Å². The summed E-state index contributed by atoms with van der Waals surface area (Å²) in [6.07, 6.45) is 8.36. The topological polar surface area (TPSA) is 41.6 Å². The molecule has 2 unspecified atom stereocenters. The number of likely N-dealkylation sites (tertiary alicyclic amines) is 1. The Labute approximate surface area is 122 Å². The quantitative estimate of drug-likeness (QED) is 0.838. The normalized spacial score (nSPS) is 33.1. The van der Waals surface area contributed by atoms with Crippen LogP contribution in [0, 0.1) is 11.8 Å². The molecule has 1 amide bonds. The Bertz CT molecular complexity index is 322. The largest absolute Gasteiger partial charge is 0.381 e. The maximum absolute atomic E-state index is 12.8. The molecule has 0 aromatic rings. The molecule has 0 aromatic heterocycles. The van der Waals surface area contributed by atoms with Crippen molar-refractivity contribution in [1.82, 2.24) is 10.2 Å². The van der Waals surface area contributed by atoms with E-state index in [1.807, 2.05) is 0 Å². The van der Waals surface area contributed by atoms with Gasteiger partial charge in [0.05, 0.1) is 12.5 Å². The zero-order chi connectivity index (χ0) is 13.8. The Balaban J connectivity index is 1.70. The van der Waals surface area contributed by atoms with E-state index in [9.17, 15) is 4.79 Å². The van der Waals surface area contributed by atoms with Crippen molar-refractivity contribution < 1.29 is 9.53 Å². The summed E-state index contributed by atoms with van der Waals surface area (Å²) in [6.45, 7) is 4.63. The van der Waals surface area contributed by atoms with Crippen LogP contribution in [0.5, 0.6) is 0 Å². The van der Waals surface area contributed by atoms with E-state index in [1.54, 1.807) is 0 Å². The number of piperidine rings is 1. The third-order valence-corrected chi connectivity index (χ3v) is 5.29. The number of hydrogen-bond acceptors (Lipinski definition) is 3. The highest BCUT2D eigenvalue weighted by atomic mass is 16.5. The van der Waals surface area contributed by atoms with Gasteiger partial charge in [-0.05, 0) is 51.1 Å². The summed E-state index contributed by atoms with van der Waals surface area (Å²) in [6, 6.07) is 0.493. The van der Waals surface area contributed by atoms with Crippen LogP contribution in [0.15, 0.2) is 0 Å². The predicted octanol–water partition coefficient (Wildman–Crippen LogP) is 1.79. The van der Waals surface area contributed by atoms with Crippen LogP contribution in [0.3, 0.4) is 0 Å². The number of ether oxygens (including phenoxy) is 1. The Kier molecular flexibility index (Phi) is 4.94. The fourth-order valence-electron chi connectivity index (χ4n) is 4.09. The van der Waals surface area contributed by atoms with Crippen molar-refractivity contribution in [2.45, 2.75) is 51.0 Å². The minimum absolute atomic E-state index is 0.136. The van der Waals surface area contributed by atoms with Gasteiger partial charge in [0, 0.05) is 19.2 Å². The summed E-state index contributed by atoms with van der Waals surface area (Å²) in [5, 5.41) is 3.45. The molecule has 0 bridgehead atoms. The molecule has 0 aromatic carbocycles. The third kappa shape index (κ3) is 3.17. The molecule has 0 aliphatic carbocycles. The third-order valence-electron chi connectivity index (χ3n) is 5.29. The first-order valence-corrected chi connectivity index (χ1v) is 8.45. The maximum atomic E-state index is 12.8. The van der Waals surface area contributed by atoms with E-state index in [-0.39, 0.29) is 5.92 Å². The number of carbonyl (C=O) groups excluding carboxylic acids is 1. The average molecular weight is 280 g/mol. The van der Waals surface area contributed by atoms with Crippen LogP contribution in [-0.4, -0.2) is 49.7 Å². The average Bonchev–Trinajstić information content (AvgIpc) is 2.92. The van der Waals surface area contributed by atoms with Gasteiger partial charge in [-0.15, -0.1) is 0 Å². The first kappa shape index (κ1) is 14.3. The lowest BCUT2D eigenvalue weighted by Gasteiger charge is -2.39. The van der Waals surface area contributed by atoms with Crippen LogP contribution >= 0.6 is 0 Å². The molecule has 3 saturated heterocycles. The molecule has 4 nitrogen and oxygen atoms in total. The van der Waals surface area contributed by atoms with Gasteiger partial charge in [0.15, 0.2) is 0 Å². The van der Waals surface area contributed by atoms with Crippen LogP contribution in [-0.2, 0) is 9.53 Å². The monoisotopic (exact) mass is 280 g/mol. The second kappa shape index (κ2) is 6.90. The number of hydrogen-bond donors (Lipinski definition) is 1. The van der Waals surface area contributed by atoms with Gasteiger partial charge < -0.3 is 15.0 Å². The van der Waals surface area contributed by atoms with E-state index in [2.05, 4.69) is 10.2 Å². The minimum atomic E-state index is 0.136. The van der Waals surface area contributed by atoms with Gasteiger partial charge in [-0.3, -0.25) is 4.79 Å². The van der Waals surface area contributed by atoms with Gasteiger partial charge in [0.2, 0.25) is 5.91 Å². The zero-order valence-corrected chi connectivity index (χ0v) is 12.5. The van der Waals surface area contributed by atoms with Crippen molar-refractivity contribution >= 4 is 5.91 Å². The van der Waals surface area contributed by atoms with E-state index in [4.69, 9.17) is 4.74 Å². The number of amides is 1. The lowest BCUT2D eigenvalue weighted by molar-refractivity contribution is -0.139. The van der Waals surface area contributed by atoms with Crippen LogP contribution in [0.2, 0.25) is 0 Å². The summed E-state index contributed by atoms with van der Waals surface area (Å²) >= 11 is 0. The molecule has 3 rings (SSSR count).